The van der Waals surface area contributed by atoms with E-state index in [1.54, 1.807) is 0 Å². The van der Waals surface area contributed by atoms with Gasteiger partial charge in [0.15, 0.2) is 0 Å². The van der Waals surface area contributed by atoms with Crippen LogP contribution in [-0.4, -0.2) is 28.1 Å². The molecule has 15 heavy (non-hydrogen) atoms. The van der Waals surface area contributed by atoms with Crippen LogP contribution >= 0.6 is 11.5 Å². The molecule has 0 aromatic carbocycles. The second-order valence-electron chi connectivity index (χ2n) is 3.83. The molecule has 1 heterocycles. The minimum Gasteiger partial charge on any atom is -0.350 e. The van der Waals surface area contributed by atoms with Crippen LogP contribution in [0.5, 0.6) is 0 Å². The minimum atomic E-state index is -0.133. The largest absolute Gasteiger partial charge is 0.350 e. The van der Waals surface area contributed by atoms with Crippen LogP contribution in [0.25, 0.3) is 0 Å². The van der Waals surface area contributed by atoms with Crippen LogP contribution in [0.3, 0.4) is 0 Å². The van der Waals surface area contributed by atoms with E-state index in [-0.39, 0.29) is 17.9 Å². The molecule has 3 N–H and O–H groups in total. The van der Waals surface area contributed by atoms with E-state index in [1.807, 2.05) is 20.8 Å². The summed E-state index contributed by atoms with van der Waals surface area (Å²) in [7, 11) is 0. The highest BCUT2D eigenvalue weighted by atomic mass is 32.1. The van der Waals surface area contributed by atoms with Gasteiger partial charge in [-0.15, -0.1) is 5.10 Å². The molecule has 0 aliphatic carbocycles. The Bertz CT molecular complexity index is 335. The Morgan fingerprint density at radius 3 is 2.73 bits per heavy atom. The van der Waals surface area contributed by atoms with Gasteiger partial charge in [-0.25, -0.2) is 0 Å². The molecular weight excluding hydrogens is 212 g/mol. The highest BCUT2D eigenvalue weighted by Crippen LogP contribution is 2.19. The van der Waals surface area contributed by atoms with Crippen LogP contribution in [0.4, 0.5) is 0 Å². The number of hydrogen-bond donors (Lipinski definition) is 2. The smallest absolute Gasteiger partial charge is 0.265 e. The number of carbonyl (C=O) groups is 1. The van der Waals surface area contributed by atoms with Crippen LogP contribution < -0.4 is 11.1 Å². The highest BCUT2D eigenvalue weighted by molar-refractivity contribution is 7.08. The van der Waals surface area contributed by atoms with E-state index >= 15 is 0 Å². The zero-order valence-electron chi connectivity index (χ0n) is 9.15. The molecule has 0 saturated carbocycles. The Labute approximate surface area is 93.2 Å². The second-order valence-corrected chi connectivity index (χ2v) is 4.58. The summed E-state index contributed by atoms with van der Waals surface area (Å²) in [6.07, 6.45) is 0. The third-order valence-corrected chi connectivity index (χ3v) is 2.59. The van der Waals surface area contributed by atoms with Crippen molar-refractivity contribution in [3.63, 3.8) is 0 Å². The quantitative estimate of drug-likeness (QED) is 0.796. The fraction of sp³-hybridized carbons (Fsp3) is 0.667. The molecule has 1 rings (SSSR count). The summed E-state index contributed by atoms with van der Waals surface area (Å²) < 4.78 is 3.79. The van der Waals surface area contributed by atoms with Gasteiger partial charge < -0.3 is 11.1 Å². The van der Waals surface area contributed by atoms with Crippen LogP contribution in [0.2, 0.25) is 0 Å². The van der Waals surface area contributed by atoms with E-state index in [9.17, 15) is 4.79 Å². The lowest BCUT2D eigenvalue weighted by molar-refractivity contribution is 0.0954. The summed E-state index contributed by atoms with van der Waals surface area (Å²) in [5.74, 6) is 0.0748. The molecule has 1 aromatic rings. The van der Waals surface area contributed by atoms with Crippen LogP contribution in [0.1, 0.15) is 42.1 Å². The number of rotatable bonds is 4. The Morgan fingerprint density at radius 1 is 1.53 bits per heavy atom. The summed E-state index contributed by atoms with van der Waals surface area (Å²) in [6.45, 7) is 6.28. The first-order valence-electron chi connectivity index (χ1n) is 4.88. The van der Waals surface area contributed by atoms with Gasteiger partial charge in [0.25, 0.3) is 5.91 Å². The first-order chi connectivity index (χ1) is 7.02. The summed E-state index contributed by atoms with van der Waals surface area (Å²) in [6, 6.07) is -0.0441. The molecule has 0 bridgehead atoms. The van der Waals surface area contributed by atoms with Crippen molar-refractivity contribution in [3.05, 3.63) is 10.6 Å². The first kappa shape index (κ1) is 12.1. The molecule has 0 saturated heterocycles. The monoisotopic (exact) mass is 228 g/mol. The van der Waals surface area contributed by atoms with E-state index in [0.717, 1.165) is 17.2 Å². The molecule has 1 atom stereocenters. The Hall–Kier alpha value is -1.01. The second kappa shape index (κ2) is 5.18. The Kier molecular flexibility index (Phi) is 4.16. The van der Waals surface area contributed by atoms with Crippen LogP contribution in [0.15, 0.2) is 0 Å². The van der Waals surface area contributed by atoms with Gasteiger partial charge in [0.2, 0.25) is 0 Å². The van der Waals surface area contributed by atoms with Crippen molar-refractivity contribution < 1.29 is 4.79 Å². The zero-order valence-corrected chi connectivity index (χ0v) is 9.97. The number of hydrogen-bond acceptors (Lipinski definition) is 5. The lowest BCUT2D eigenvalue weighted by atomic mass is 10.1. The summed E-state index contributed by atoms with van der Waals surface area (Å²) in [5.41, 5.74) is 6.30. The van der Waals surface area contributed by atoms with Crippen molar-refractivity contribution in [1.82, 2.24) is 14.9 Å². The van der Waals surface area contributed by atoms with Gasteiger partial charge in [-0.1, -0.05) is 18.3 Å². The fourth-order valence-corrected chi connectivity index (χ4v) is 1.80. The molecule has 1 unspecified atom stereocenters. The van der Waals surface area contributed by atoms with Gasteiger partial charge in [-0.3, -0.25) is 4.79 Å². The normalized spacial score (nSPS) is 12.9. The third-order valence-electron chi connectivity index (χ3n) is 1.85. The van der Waals surface area contributed by atoms with Gasteiger partial charge in [0.05, 0.1) is 5.69 Å². The van der Waals surface area contributed by atoms with Crippen molar-refractivity contribution in [2.24, 2.45) is 5.73 Å². The molecule has 1 aromatic heterocycles. The number of aromatic nitrogens is 2. The van der Waals surface area contributed by atoms with Crippen molar-refractivity contribution in [1.29, 1.82) is 0 Å². The molecule has 5 nitrogen and oxygen atoms in total. The fourth-order valence-electron chi connectivity index (χ4n) is 1.07. The van der Waals surface area contributed by atoms with E-state index in [0.29, 0.717) is 11.4 Å². The van der Waals surface area contributed by atoms with Gasteiger partial charge >= 0.3 is 0 Å². The van der Waals surface area contributed by atoms with Crippen LogP contribution in [0, 0.1) is 0 Å². The maximum Gasteiger partial charge on any atom is 0.265 e. The third kappa shape index (κ3) is 3.24. The van der Waals surface area contributed by atoms with Crippen molar-refractivity contribution in [2.45, 2.75) is 32.7 Å². The van der Waals surface area contributed by atoms with Gasteiger partial charge in [-0.05, 0) is 24.4 Å². The standard InChI is InChI=1S/C9H16N4OS/c1-5(2)7-8(15-13-12-7)9(14)11-4-6(3)10/h5-6H,4,10H2,1-3H3,(H,11,14). The van der Waals surface area contributed by atoms with Crippen molar-refractivity contribution in [3.8, 4) is 0 Å². The van der Waals surface area contributed by atoms with Gasteiger partial charge in [0, 0.05) is 12.6 Å². The number of nitrogens with two attached hydrogens (primary N) is 1. The Balaban J connectivity index is 2.69. The number of amides is 1. The minimum absolute atomic E-state index is 0.0441. The predicted molar refractivity (Wildman–Crippen MR) is 60.0 cm³/mol. The topological polar surface area (TPSA) is 80.9 Å². The molecule has 0 aliphatic rings. The van der Waals surface area contributed by atoms with Gasteiger partial charge in [0.1, 0.15) is 4.88 Å². The number of carbonyl (C=O) groups excluding carboxylic acids is 1. The summed E-state index contributed by atoms with van der Waals surface area (Å²) in [5, 5.41) is 6.69. The Morgan fingerprint density at radius 2 is 2.20 bits per heavy atom. The molecule has 0 radical (unpaired) electrons. The van der Waals surface area contributed by atoms with Crippen LogP contribution in [-0.2, 0) is 0 Å². The maximum absolute atomic E-state index is 11.7. The average Bonchev–Trinajstić information content (AvgIpc) is 2.62. The average molecular weight is 228 g/mol. The lowest BCUT2D eigenvalue weighted by Gasteiger charge is -2.07. The molecular formula is C9H16N4OS. The lowest BCUT2D eigenvalue weighted by Crippen LogP contribution is -2.35. The summed E-state index contributed by atoms with van der Waals surface area (Å²) in [4.78, 5) is 12.3. The van der Waals surface area contributed by atoms with E-state index in [2.05, 4.69) is 14.9 Å². The molecule has 84 valence electrons. The molecule has 0 fully saturated rings. The molecule has 1 amide bonds. The van der Waals surface area contributed by atoms with Gasteiger partial charge in [-0.2, -0.15) is 0 Å². The molecule has 0 spiro atoms. The molecule has 6 heteroatoms. The zero-order chi connectivity index (χ0) is 11.4. The van der Waals surface area contributed by atoms with E-state index in [1.165, 1.54) is 0 Å². The van der Waals surface area contributed by atoms with Crippen molar-refractivity contribution >= 4 is 17.4 Å². The highest BCUT2D eigenvalue weighted by Gasteiger charge is 2.18. The molecule has 0 aliphatic heterocycles. The first-order valence-corrected chi connectivity index (χ1v) is 5.65. The van der Waals surface area contributed by atoms with Crippen molar-refractivity contribution in [2.75, 3.05) is 6.54 Å². The predicted octanol–water partition coefficient (Wildman–Crippen LogP) is 0.738. The number of nitrogens with one attached hydrogen (secondary N) is 1. The van der Waals surface area contributed by atoms with E-state index < -0.39 is 0 Å². The SMILES string of the molecule is CC(N)CNC(=O)c1snnc1C(C)C. The summed E-state index contributed by atoms with van der Waals surface area (Å²) >= 11 is 1.12. The maximum atomic E-state index is 11.7. The number of nitrogens with zero attached hydrogens (tertiary/aromatic N) is 2. The van der Waals surface area contributed by atoms with E-state index in [4.69, 9.17) is 5.73 Å².